The van der Waals surface area contributed by atoms with Crippen LogP contribution in [0.3, 0.4) is 0 Å². The molecule has 0 radical (unpaired) electrons. The molecule has 19 heavy (non-hydrogen) atoms. The Hall–Kier alpha value is -1.61. The van der Waals surface area contributed by atoms with Gasteiger partial charge in [0.15, 0.2) is 0 Å². The first kappa shape index (κ1) is 13.8. The van der Waals surface area contributed by atoms with E-state index in [0.717, 1.165) is 19.3 Å². The summed E-state index contributed by atoms with van der Waals surface area (Å²) in [5.74, 6) is 0. The average Bonchev–Trinajstić information content (AvgIpc) is 2.77. The molecule has 2 N–H and O–H groups in total. The number of hydrogen-bond acceptors (Lipinski definition) is 2. The van der Waals surface area contributed by atoms with Crippen molar-refractivity contribution < 1.29 is 0 Å². The van der Waals surface area contributed by atoms with Crippen molar-refractivity contribution in [1.82, 2.24) is 9.78 Å². The van der Waals surface area contributed by atoms with Crippen molar-refractivity contribution in [2.75, 3.05) is 0 Å². The van der Waals surface area contributed by atoms with Crippen molar-refractivity contribution in [2.24, 2.45) is 12.8 Å². The van der Waals surface area contributed by atoms with Crippen LogP contribution in [0.4, 0.5) is 0 Å². The zero-order valence-corrected chi connectivity index (χ0v) is 12.1. The number of nitrogens with two attached hydrogens (primary N) is 1. The van der Waals surface area contributed by atoms with E-state index in [4.69, 9.17) is 5.73 Å². The molecule has 2 rings (SSSR count). The van der Waals surface area contributed by atoms with Crippen molar-refractivity contribution in [3.05, 3.63) is 52.8 Å². The topological polar surface area (TPSA) is 43.8 Å². The highest BCUT2D eigenvalue weighted by molar-refractivity contribution is 5.31. The fourth-order valence-corrected chi connectivity index (χ4v) is 2.38. The van der Waals surface area contributed by atoms with Gasteiger partial charge in [0, 0.05) is 25.0 Å². The van der Waals surface area contributed by atoms with E-state index in [0.29, 0.717) is 0 Å². The summed E-state index contributed by atoms with van der Waals surface area (Å²) < 4.78 is 1.92. The summed E-state index contributed by atoms with van der Waals surface area (Å²) in [5, 5.41) is 4.18. The van der Waals surface area contributed by atoms with E-state index in [9.17, 15) is 0 Å². The van der Waals surface area contributed by atoms with Gasteiger partial charge >= 0.3 is 0 Å². The van der Waals surface area contributed by atoms with Crippen molar-refractivity contribution in [1.29, 1.82) is 0 Å². The van der Waals surface area contributed by atoms with Gasteiger partial charge in [-0.3, -0.25) is 4.68 Å². The maximum absolute atomic E-state index is 6.26. The second-order valence-corrected chi connectivity index (χ2v) is 5.38. The molecule has 1 aromatic heterocycles. The molecule has 1 aromatic carbocycles. The summed E-state index contributed by atoms with van der Waals surface area (Å²) >= 11 is 0. The molecule has 3 nitrogen and oxygen atoms in total. The van der Waals surface area contributed by atoms with Crippen molar-refractivity contribution >= 4 is 0 Å². The minimum atomic E-state index is 0.204. The Bertz CT molecular complexity index is 543. The normalized spacial score (nSPS) is 12.6. The SMILES string of the molecule is Cc1ccc(C)c(CC(N)CCc2ccnn2C)c1. The van der Waals surface area contributed by atoms with E-state index in [1.807, 2.05) is 17.9 Å². The van der Waals surface area contributed by atoms with E-state index < -0.39 is 0 Å². The van der Waals surface area contributed by atoms with E-state index in [-0.39, 0.29) is 6.04 Å². The minimum absolute atomic E-state index is 0.204. The number of aryl methyl sites for hydroxylation is 4. The third-order valence-electron chi connectivity index (χ3n) is 3.68. The lowest BCUT2D eigenvalue weighted by atomic mass is 9.97. The van der Waals surface area contributed by atoms with E-state index >= 15 is 0 Å². The summed E-state index contributed by atoms with van der Waals surface area (Å²) in [6.07, 6.45) is 4.77. The number of nitrogens with zero attached hydrogens (tertiary/aromatic N) is 2. The molecule has 1 heterocycles. The molecular weight excluding hydrogens is 234 g/mol. The minimum Gasteiger partial charge on any atom is -0.327 e. The van der Waals surface area contributed by atoms with E-state index in [1.165, 1.54) is 22.4 Å². The van der Waals surface area contributed by atoms with Gasteiger partial charge in [-0.2, -0.15) is 5.10 Å². The highest BCUT2D eigenvalue weighted by atomic mass is 15.2. The van der Waals surface area contributed by atoms with Gasteiger partial charge in [-0.25, -0.2) is 0 Å². The molecule has 0 aliphatic carbocycles. The predicted molar refractivity (Wildman–Crippen MR) is 79.1 cm³/mol. The molecule has 102 valence electrons. The second kappa shape index (κ2) is 6.02. The van der Waals surface area contributed by atoms with Crippen LogP contribution in [-0.2, 0) is 19.9 Å². The number of hydrogen-bond donors (Lipinski definition) is 1. The fraction of sp³-hybridized carbons (Fsp3) is 0.438. The zero-order chi connectivity index (χ0) is 13.8. The van der Waals surface area contributed by atoms with Gasteiger partial charge in [0.1, 0.15) is 0 Å². The molecule has 2 aromatic rings. The molecule has 0 bridgehead atoms. The lowest BCUT2D eigenvalue weighted by Crippen LogP contribution is -2.24. The van der Waals surface area contributed by atoms with Gasteiger partial charge in [-0.1, -0.05) is 23.8 Å². The molecule has 1 atom stereocenters. The van der Waals surface area contributed by atoms with Crippen LogP contribution < -0.4 is 5.73 Å². The van der Waals surface area contributed by atoms with Crippen LogP contribution in [0.15, 0.2) is 30.5 Å². The van der Waals surface area contributed by atoms with Gasteiger partial charge in [0.25, 0.3) is 0 Å². The second-order valence-electron chi connectivity index (χ2n) is 5.38. The van der Waals surface area contributed by atoms with Gasteiger partial charge in [-0.15, -0.1) is 0 Å². The molecule has 0 aliphatic rings. The zero-order valence-electron chi connectivity index (χ0n) is 12.1. The highest BCUT2D eigenvalue weighted by Crippen LogP contribution is 2.14. The summed E-state index contributed by atoms with van der Waals surface area (Å²) in [5.41, 5.74) is 11.5. The Morgan fingerprint density at radius 3 is 2.74 bits per heavy atom. The summed E-state index contributed by atoms with van der Waals surface area (Å²) in [4.78, 5) is 0. The molecule has 3 heteroatoms. The van der Waals surface area contributed by atoms with Crippen LogP contribution in [0.1, 0.15) is 28.8 Å². The molecule has 0 amide bonds. The largest absolute Gasteiger partial charge is 0.327 e. The van der Waals surface area contributed by atoms with Gasteiger partial charge in [0.05, 0.1) is 0 Å². The van der Waals surface area contributed by atoms with E-state index in [2.05, 4.69) is 43.2 Å². The Labute approximate surface area is 115 Å². The Kier molecular flexibility index (Phi) is 4.38. The predicted octanol–water partition coefficient (Wildman–Crippen LogP) is 2.54. The van der Waals surface area contributed by atoms with Crippen molar-refractivity contribution in [3.63, 3.8) is 0 Å². The molecule has 1 unspecified atom stereocenters. The Morgan fingerprint density at radius 1 is 1.26 bits per heavy atom. The van der Waals surface area contributed by atoms with Crippen LogP contribution in [0.5, 0.6) is 0 Å². The quantitative estimate of drug-likeness (QED) is 0.894. The Balaban J connectivity index is 1.92. The maximum Gasteiger partial charge on any atom is 0.0492 e. The molecule has 0 saturated heterocycles. The van der Waals surface area contributed by atoms with Crippen LogP contribution in [0.25, 0.3) is 0 Å². The average molecular weight is 257 g/mol. The standard InChI is InChI=1S/C16H23N3/c1-12-4-5-13(2)14(10-12)11-15(17)6-7-16-8-9-18-19(16)3/h4-5,8-10,15H,6-7,11,17H2,1-3H3. The summed E-state index contributed by atoms with van der Waals surface area (Å²) in [7, 11) is 1.98. The smallest absolute Gasteiger partial charge is 0.0492 e. The summed E-state index contributed by atoms with van der Waals surface area (Å²) in [6, 6.07) is 8.85. The molecule has 0 fully saturated rings. The first-order valence-corrected chi connectivity index (χ1v) is 6.85. The summed E-state index contributed by atoms with van der Waals surface area (Å²) in [6.45, 7) is 4.28. The van der Waals surface area contributed by atoms with Crippen LogP contribution >= 0.6 is 0 Å². The number of rotatable bonds is 5. The van der Waals surface area contributed by atoms with Crippen LogP contribution in [0.2, 0.25) is 0 Å². The van der Waals surface area contributed by atoms with Crippen molar-refractivity contribution in [2.45, 2.75) is 39.2 Å². The molecule has 0 saturated carbocycles. The first-order chi connectivity index (χ1) is 9.06. The van der Waals surface area contributed by atoms with Gasteiger partial charge < -0.3 is 5.73 Å². The maximum atomic E-state index is 6.26. The molecule has 0 aliphatic heterocycles. The van der Waals surface area contributed by atoms with Gasteiger partial charge in [0.2, 0.25) is 0 Å². The number of aromatic nitrogens is 2. The highest BCUT2D eigenvalue weighted by Gasteiger charge is 2.08. The Morgan fingerprint density at radius 2 is 2.05 bits per heavy atom. The third kappa shape index (κ3) is 3.67. The van der Waals surface area contributed by atoms with Crippen LogP contribution in [-0.4, -0.2) is 15.8 Å². The molecule has 0 spiro atoms. The van der Waals surface area contributed by atoms with Crippen molar-refractivity contribution in [3.8, 4) is 0 Å². The lowest BCUT2D eigenvalue weighted by Gasteiger charge is -2.14. The fourth-order valence-electron chi connectivity index (χ4n) is 2.38. The first-order valence-electron chi connectivity index (χ1n) is 6.85. The monoisotopic (exact) mass is 257 g/mol. The third-order valence-corrected chi connectivity index (χ3v) is 3.68. The lowest BCUT2D eigenvalue weighted by molar-refractivity contribution is 0.585. The number of benzene rings is 1. The van der Waals surface area contributed by atoms with Crippen LogP contribution in [0, 0.1) is 13.8 Å². The van der Waals surface area contributed by atoms with Gasteiger partial charge in [-0.05, 0) is 50.3 Å². The molecular formula is C16H23N3. The van der Waals surface area contributed by atoms with E-state index in [1.54, 1.807) is 0 Å².